The molecule has 0 spiro atoms. The van der Waals surface area contributed by atoms with E-state index in [-0.39, 0.29) is 18.1 Å². The summed E-state index contributed by atoms with van der Waals surface area (Å²) in [5.41, 5.74) is 2.19. The minimum Gasteiger partial charge on any atom is -0.493 e. The first-order valence-corrected chi connectivity index (χ1v) is 9.25. The molecular formula is C17H20N4O2S. The van der Waals surface area contributed by atoms with Crippen molar-refractivity contribution in [2.75, 3.05) is 25.6 Å². The Morgan fingerprint density at radius 3 is 3.08 bits per heavy atom. The molecule has 1 aromatic heterocycles. The van der Waals surface area contributed by atoms with E-state index in [1.165, 1.54) is 5.56 Å². The number of benzene rings is 1. The second-order valence-electron chi connectivity index (χ2n) is 7.07. The number of fused-ring (bicyclic) bond motifs is 4. The van der Waals surface area contributed by atoms with Crippen molar-refractivity contribution in [2.24, 2.45) is 0 Å². The number of anilines is 1. The van der Waals surface area contributed by atoms with Gasteiger partial charge in [0.2, 0.25) is 0 Å². The van der Waals surface area contributed by atoms with E-state index in [0.29, 0.717) is 6.04 Å². The van der Waals surface area contributed by atoms with Crippen LogP contribution in [0.4, 0.5) is 9.93 Å². The highest BCUT2D eigenvalue weighted by molar-refractivity contribution is 7.22. The topological polar surface area (TPSA) is 57.7 Å². The van der Waals surface area contributed by atoms with Gasteiger partial charge in [0.25, 0.3) is 0 Å². The first-order valence-electron chi connectivity index (χ1n) is 8.43. The van der Waals surface area contributed by atoms with Crippen LogP contribution < -0.4 is 15.0 Å². The van der Waals surface area contributed by atoms with E-state index in [9.17, 15) is 4.79 Å². The molecule has 0 radical (unpaired) electrons. The summed E-state index contributed by atoms with van der Waals surface area (Å²) in [7, 11) is 4.22. The molecule has 1 saturated heterocycles. The highest BCUT2D eigenvalue weighted by atomic mass is 32.1. The molecule has 24 heavy (non-hydrogen) atoms. The van der Waals surface area contributed by atoms with Crippen molar-refractivity contribution < 1.29 is 9.53 Å². The van der Waals surface area contributed by atoms with Crippen LogP contribution in [0.1, 0.15) is 18.4 Å². The monoisotopic (exact) mass is 344 g/mol. The first kappa shape index (κ1) is 14.5. The Labute approximate surface area is 144 Å². The second-order valence-corrected chi connectivity index (χ2v) is 8.08. The fourth-order valence-corrected chi connectivity index (χ4v) is 5.27. The number of carbonyl (C=O) groups is 1. The van der Waals surface area contributed by atoms with E-state index in [1.807, 2.05) is 11.0 Å². The SMILES string of the molecule is CN(C)[C@H]1C[C@@H]2NC(=O)N(c3nc4c5c(ccc4s3)OCC5)[C@@H]2C1. The number of urea groups is 1. The molecule has 6 nitrogen and oxygen atoms in total. The predicted molar refractivity (Wildman–Crippen MR) is 94.1 cm³/mol. The number of amides is 2. The van der Waals surface area contributed by atoms with Crippen molar-refractivity contribution in [1.29, 1.82) is 0 Å². The lowest BCUT2D eigenvalue weighted by atomic mass is 10.1. The maximum atomic E-state index is 12.5. The molecule has 0 bridgehead atoms. The summed E-state index contributed by atoms with van der Waals surface area (Å²) < 4.78 is 6.77. The van der Waals surface area contributed by atoms with Gasteiger partial charge in [0.15, 0.2) is 5.13 Å². The van der Waals surface area contributed by atoms with Gasteiger partial charge in [0.05, 0.1) is 28.9 Å². The number of hydrogen-bond acceptors (Lipinski definition) is 5. The minimum absolute atomic E-state index is 0.00541. The molecule has 2 fully saturated rings. The molecule has 0 unspecified atom stereocenters. The molecule has 2 aliphatic heterocycles. The van der Waals surface area contributed by atoms with E-state index in [0.717, 1.165) is 47.0 Å². The maximum absolute atomic E-state index is 12.5. The predicted octanol–water partition coefficient (Wildman–Crippen LogP) is 2.22. The molecule has 1 saturated carbocycles. The first-order chi connectivity index (χ1) is 11.6. The number of nitrogens with one attached hydrogen (secondary N) is 1. The lowest BCUT2D eigenvalue weighted by Gasteiger charge is -2.22. The third-order valence-electron chi connectivity index (χ3n) is 5.52. The molecule has 7 heteroatoms. The summed E-state index contributed by atoms with van der Waals surface area (Å²) in [4.78, 5) is 21.5. The zero-order valence-corrected chi connectivity index (χ0v) is 14.6. The summed E-state index contributed by atoms with van der Waals surface area (Å²) in [6.45, 7) is 0.723. The molecule has 1 aliphatic carbocycles. The van der Waals surface area contributed by atoms with Gasteiger partial charge < -0.3 is 15.0 Å². The van der Waals surface area contributed by atoms with Gasteiger partial charge in [0.1, 0.15) is 5.75 Å². The highest BCUT2D eigenvalue weighted by Crippen LogP contribution is 2.41. The molecule has 1 N–H and O–H groups in total. The molecule has 3 heterocycles. The summed E-state index contributed by atoms with van der Waals surface area (Å²) in [5, 5.41) is 3.96. The minimum atomic E-state index is -0.00541. The van der Waals surface area contributed by atoms with Gasteiger partial charge in [-0.15, -0.1) is 0 Å². The largest absolute Gasteiger partial charge is 0.493 e. The Morgan fingerprint density at radius 2 is 2.25 bits per heavy atom. The van der Waals surface area contributed by atoms with Gasteiger partial charge in [-0.2, -0.15) is 0 Å². The van der Waals surface area contributed by atoms with Gasteiger partial charge >= 0.3 is 6.03 Å². The van der Waals surface area contributed by atoms with Crippen molar-refractivity contribution in [3.05, 3.63) is 17.7 Å². The summed E-state index contributed by atoms with van der Waals surface area (Å²) in [5.74, 6) is 0.941. The third kappa shape index (κ3) is 1.97. The Hall–Kier alpha value is -1.86. The van der Waals surface area contributed by atoms with Crippen LogP contribution in [-0.2, 0) is 6.42 Å². The molecule has 2 aromatic rings. The number of hydrogen-bond donors (Lipinski definition) is 1. The maximum Gasteiger partial charge on any atom is 0.324 e. The van der Waals surface area contributed by atoms with E-state index in [1.54, 1.807) is 11.3 Å². The molecule has 1 aromatic carbocycles. The van der Waals surface area contributed by atoms with Gasteiger partial charge in [-0.25, -0.2) is 9.78 Å². The molecular weight excluding hydrogens is 324 g/mol. The Kier molecular flexibility index (Phi) is 3.06. The van der Waals surface area contributed by atoms with Crippen LogP contribution in [0.5, 0.6) is 5.75 Å². The van der Waals surface area contributed by atoms with Crippen molar-refractivity contribution in [3.63, 3.8) is 0 Å². The van der Waals surface area contributed by atoms with Crippen LogP contribution in [0.15, 0.2) is 12.1 Å². The average Bonchev–Trinajstić information content (AvgIpc) is 3.26. The number of carbonyl (C=O) groups excluding carboxylic acids is 1. The Bertz CT molecular complexity index is 833. The van der Waals surface area contributed by atoms with Crippen molar-refractivity contribution in [2.45, 2.75) is 37.4 Å². The average molecular weight is 344 g/mol. The van der Waals surface area contributed by atoms with Crippen LogP contribution in [-0.4, -0.2) is 54.7 Å². The highest BCUT2D eigenvalue weighted by Gasteiger charge is 2.48. The molecule has 126 valence electrons. The number of rotatable bonds is 2. The van der Waals surface area contributed by atoms with Gasteiger partial charge in [-0.1, -0.05) is 11.3 Å². The number of thiazole rings is 1. The summed E-state index contributed by atoms with van der Waals surface area (Å²) >= 11 is 1.61. The zero-order valence-electron chi connectivity index (χ0n) is 13.8. The van der Waals surface area contributed by atoms with Gasteiger partial charge in [0, 0.05) is 18.0 Å². The molecule has 2 amide bonds. The van der Waals surface area contributed by atoms with Crippen LogP contribution >= 0.6 is 11.3 Å². The molecule has 3 aliphatic rings. The van der Waals surface area contributed by atoms with E-state index in [4.69, 9.17) is 9.72 Å². The molecule has 5 rings (SSSR count). The number of aromatic nitrogens is 1. The second kappa shape index (κ2) is 5.07. The van der Waals surface area contributed by atoms with Crippen LogP contribution in [0.25, 0.3) is 10.2 Å². The standard InChI is InChI=1S/C17H20N4O2S/c1-20(2)9-7-11-12(8-9)21(16(22)18-11)17-19-15-10-5-6-23-13(10)3-4-14(15)24-17/h3-4,9,11-12H,5-8H2,1-2H3,(H,18,22)/t9-,11-,12+/m0/s1. The van der Waals surface area contributed by atoms with Gasteiger partial charge in [-0.3, -0.25) is 4.90 Å². The van der Waals surface area contributed by atoms with E-state index in [2.05, 4.69) is 30.4 Å². The Balaban J connectivity index is 1.54. The third-order valence-corrected chi connectivity index (χ3v) is 6.54. The lowest BCUT2D eigenvalue weighted by Crippen LogP contribution is -2.36. The fraction of sp³-hybridized carbons (Fsp3) is 0.529. The van der Waals surface area contributed by atoms with Crippen molar-refractivity contribution >= 4 is 32.7 Å². The Morgan fingerprint density at radius 1 is 1.38 bits per heavy atom. The smallest absolute Gasteiger partial charge is 0.324 e. The van der Waals surface area contributed by atoms with Crippen LogP contribution in [0.3, 0.4) is 0 Å². The zero-order chi connectivity index (χ0) is 16.4. The summed E-state index contributed by atoms with van der Waals surface area (Å²) in [6, 6.07) is 5.02. The van der Waals surface area contributed by atoms with E-state index >= 15 is 0 Å². The number of nitrogens with zero attached hydrogens (tertiary/aromatic N) is 3. The van der Waals surface area contributed by atoms with Crippen LogP contribution in [0, 0.1) is 0 Å². The van der Waals surface area contributed by atoms with Crippen LogP contribution in [0.2, 0.25) is 0 Å². The number of ether oxygens (including phenoxy) is 1. The van der Waals surface area contributed by atoms with Crippen molar-refractivity contribution in [1.82, 2.24) is 15.2 Å². The van der Waals surface area contributed by atoms with Crippen molar-refractivity contribution in [3.8, 4) is 5.75 Å². The summed E-state index contributed by atoms with van der Waals surface area (Å²) in [6.07, 6.45) is 2.90. The quantitative estimate of drug-likeness (QED) is 0.908. The fourth-order valence-electron chi connectivity index (χ4n) is 4.22. The lowest BCUT2D eigenvalue weighted by molar-refractivity contribution is 0.245. The molecule has 3 atom stereocenters. The van der Waals surface area contributed by atoms with Gasteiger partial charge in [-0.05, 0) is 39.1 Å². The normalized spacial score (nSPS) is 28.4. The van der Waals surface area contributed by atoms with E-state index < -0.39 is 0 Å².